The lowest BCUT2D eigenvalue weighted by molar-refractivity contribution is 0.565. The summed E-state index contributed by atoms with van der Waals surface area (Å²) in [7, 11) is 4.09. The first-order valence-electron chi connectivity index (χ1n) is 11.3. The van der Waals surface area contributed by atoms with E-state index in [1.54, 1.807) is 6.20 Å². The van der Waals surface area contributed by atoms with E-state index in [1.165, 1.54) is 5.56 Å². The topological polar surface area (TPSA) is 49.2 Å². The molecule has 5 rings (SSSR count). The summed E-state index contributed by atoms with van der Waals surface area (Å²) in [4.78, 5) is 13.3. The normalized spacial score (nSPS) is 17.6. The lowest BCUT2D eigenvalue weighted by Gasteiger charge is -2.28. The maximum Gasteiger partial charge on any atom is 0.174 e. The second-order valence-corrected chi connectivity index (χ2v) is 9.17. The SMILES string of the molecule is Cc1cc([C@H]2[C@H](c3ccccn3)NC(=S)N2c2ccc(N(C)C)cc2)c(C)n1-c1cccnc1. The molecule has 4 heterocycles. The number of thiocarbonyl (C=S) groups is 1. The number of aromatic nitrogens is 3. The van der Waals surface area contributed by atoms with E-state index in [0.29, 0.717) is 5.11 Å². The van der Waals surface area contributed by atoms with Crippen LogP contribution >= 0.6 is 12.2 Å². The van der Waals surface area contributed by atoms with Crippen LogP contribution in [0.4, 0.5) is 11.4 Å². The number of pyridine rings is 2. The van der Waals surface area contributed by atoms with E-state index in [2.05, 4.69) is 86.0 Å². The van der Waals surface area contributed by atoms with Crippen molar-refractivity contribution in [1.29, 1.82) is 0 Å². The van der Waals surface area contributed by atoms with Gasteiger partial charge in [-0.25, -0.2) is 0 Å². The molecule has 1 saturated heterocycles. The van der Waals surface area contributed by atoms with Gasteiger partial charge < -0.3 is 19.7 Å². The van der Waals surface area contributed by atoms with Crippen molar-refractivity contribution in [2.45, 2.75) is 25.9 Å². The van der Waals surface area contributed by atoms with E-state index in [-0.39, 0.29) is 12.1 Å². The zero-order valence-corrected chi connectivity index (χ0v) is 20.6. The van der Waals surface area contributed by atoms with Crippen molar-refractivity contribution in [3.05, 3.63) is 102 Å². The fraction of sp³-hybridized carbons (Fsp3) is 0.222. The third-order valence-corrected chi connectivity index (χ3v) is 6.75. The molecule has 0 radical (unpaired) electrons. The summed E-state index contributed by atoms with van der Waals surface area (Å²) in [5, 5.41) is 4.26. The average molecular weight is 469 g/mol. The van der Waals surface area contributed by atoms with E-state index in [1.807, 2.05) is 44.7 Å². The molecule has 3 aromatic heterocycles. The number of aryl methyl sites for hydroxylation is 1. The largest absolute Gasteiger partial charge is 0.378 e. The maximum atomic E-state index is 5.90. The van der Waals surface area contributed by atoms with Crippen LogP contribution in [0.15, 0.2) is 79.3 Å². The van der Waals surface area contributed by atoms with Gasteiger partial charge in [0.2, 0.25) is 0 Å². The Morgan fingerprint density at radius 1 is 0.941 bits per heavy atom. The van der Waals surface area contributed by atoms with Gasteiger partial charge in [0.15, 0.2) is 5.11 Å². The third-order valence-electron chi connectivity index (χ3n) is 6.44. The molecule has 4 aromatic rings. The molecule has 1 aromatic carbocycles. The molecule has 7 heteroatoms. The predicted octanol–water partition coefficient (Wildman–Crippen LogP) is 5.13. The van der Waals surface area contributed by atoms with Gasteiger partial charge in [0.25, 0.3) is 0 Å². The van der Waals surface area contributed by atoms with Gasteiger partial charge in [0.1, 0.15) is 0 Å². The third kappa shape index (κ3) is 3.82. The number of hydrogen-bond donors (Lipinski definition) is 1. The lowest BCUT2D eigenvalue weighted by atomic mass is 9.96. The second kappa shape index (κ2) is 8.91. The number of nitrogens with one attached hydrogen (secondary N) is 1. The first-order valence-corrected chi connectivity index (χ1v) is 11.7. The molecule has 1 fully saturated rings. The van der Waals surface area contributed by atoms with Crippen LogP contribution in [0.2, 0.25) is 0 Å². The number of rotatable bonds is 5. The Morgan fingerprint density at radius 2 is 1.74 bits per heavy atom. The quantitative estimate of drug-likeness (QED) is 0.410. The van der Waals surface area contributed by atoms with E-state index in [9.17, 15) is 0 Å². The molecule has 2 atom stereocenters. The van der Waals surface area contributed by atoms with Gasteiger partial charge in [-0.15, -0.1) is 0 Å². The minimum atomic E-state index is -0.0786. The Labute approximate surface area is 205 Å². The summed E-state index contributed by atoms with van der Waals surface area (Å²) in [5.41, 5.74) is 7.74. The van der Waals surface area contributed by atoms with Crippen LogP contribution in [0.1, 0.15) is 34.7 Å². The molecule has 0 aliphatic carbocycles. The molecule has 34 heavy (non-hydrogen) atoms. The summed E-state index contributed by atoms with van der Waals surface area (Å²) < 4.78 is 2.26. The summed E-state index contributed by atoms with van der Waals surface area (Å²) in [6, 6.07) is 20.7. The summed E-state index contributed by atoms with van der Waals surface area (Å²) in [6.45, 7) is 4.30. The van der Waals surface area contributed by atoms with Gasteiger partial charge in [0.05, 0.1) is 29.7 Å². The molecule has 1 aliphatic rings. The monoisotopic (exact) mass is 468 g/mol. The van der Waals surface area contributed by atoms with Crippen LogP contribution in [0.5, 0.6) is 0 Å². The minimum Gasteiger partial charge on any atom is -0.378 e. The fourth-order valence-corrected chi connectivity index (χ4v) is 5.18. The summed E-state index contributed by atoms with van der Waals surface area (Å²) >= 11 is 5.90. The molecule has 0 amide bonds. The van der Waals surface area contributed by atoms with E-state index < -0.39 is 0 Å². The smallest absolute Gasteiger partial charge is 0.174 e. The molecular formula is C27H28N6S. The minimum absolute atomic E-state index is 0.0516. The van der Waals surface area contributed by atoms with Crippen molar-refractivity contribution in [2.24, 2.45) is 0 Å². The molecule has 0 saturated carbocycles. The van der Waals surface area contributed by atoms with E-state index in [0.717, 1.165) is 34.1 Å². The highest BCUT2D eigenvalue weighted by Gasteiger charge is 2.42. The number of nitrogens with zero attached hydrogens (tertiary/aromatic N) is 5. The Kier molecular flexibility index (Phi) is 5.79. The van der Waals surface area contributed by atoms with Crippen LogP contribution in [0.25, 0.3) is 5.69 Å². The molecule has 1 N–H and O–H groups in total. The molecule has 0 bridgehead atoms. The fourth-order valence-electron chi connectivity index (χ4n) is 4.83. The van der Waals surface area contributed by atoms with Gasteiger partial charge in [-0.1, -0.05) is 6.07 Å². The Hall–Kier alpha value is -3.71. The molecule has 6 nitrogen and oxygen atoms in total. The molecule has 172 valence electrons. The Balaban J connectivity index is 1.65. The van der Waals surface area contributed by atoms with Crippen molar-refractivity contribution in [2.75, 3.05) is 23.9 Å². The average Bonchev–Trinajstić information content (AvgIpc) is 3.35. The lowest BCUT2D eigenvalue weighted by Crippen LogP contribution is -2.29. The van der Waals surface area contributed by atoms with E-state index in [4.69, 9.17) is 12.2 Å². The van der Waals surface area contributed by atoms with Crippen molar-refractivity contribution in [3.8, 4) is 5.69 Å². The van der Waals surface area contributed by atoms with Gasteiger partial charge in [-0.3, -0.25) is 9.97 Å². The highest BCUT2D eigenvalue weighted by atomic mass is 32.1. The first kappa shape index (κ1) is 22.1. The summed E-state index contributed by atoms with van der Waals surface area (Å²) in [5.74, 6) is 0. The van der Waals surface area contributed by atoms with Crippen LogP contribution in [-0.2, 0) is 0 Å². The van der Waals surface area contributed by atoms with Gasteiger partial charge in [-0.2, -0.15) is 0 Å². The van der Waals surface area contributed by atoms with Crippen molar-refractivity contribution >= 4 is 28.7 Å². The van der Waals surface area contributed by atoms with Gasteiger partial charge in [-0.05, 0) is 86.2 Å². The number of benzene rings is 1. The van der Waals surface area contributed by atoms with Crippen LogP contribution in [0, 0.1) is 13.8 Å². The predicted molar refractivity (Wildman–Crippen MR) is 142 cm³/mol. The second-order valence-electron chi connectivity index (χ2n) is 8.78. The molecular weight excluding hydrogens is 440 g/mol. The maximum absolute atomic E-state index is 5.90. The van der Waals surface area contributed by atoms with Crippen molar-refractivity contribution in [1.82, 2.24) is 19.9 Å². The Morgan fingerprint density at radius 3 is 2.38 bits per heavy atom. The van der Waals surface area contributed by atoms with Gasteiger partial charge >= 0.3 is 0 Å². The zero-order chi connectivity index (χ0) is 23.8. The van der Waals surface area contributed by atoms with Crippen molar-refractivity contribution < 1.29 is 0 Å². The standard InChI is InChI=1S/C27H28N6S/c1-18-16-23(19(2)32(18)22-8-7-14-28-17-22)26-25(24-9-5-6-15-29-24)30-27(34)33(26)21-12-10-20(11-13-21)31(3)4/h5-17,25-26H,1-4H3,(H,30,34)/t25-,26-/m0/s1. The van der Waals surface area contributed by atoms with Crippen LogP contribution < -0.4 is 15.1 Å². The Bertz CT molecular complexity index is 1300. The van der Waals surface area contributed by atoms with Crippen LogP contribution in [0.3, 0.4) is 0 Å². The van der Waals surface area contributed by atoms with Crippen LogP contribution in [-0.4, -0.2) is 33.7 Å². The van der Waals surface area contributed by atoms with E-state index >= 15 is 0 Å². The molecule has 0 spiro atoms. The van der Waals surface area contributed by atoms with Crippen molar-refractivity contribution in [3.63, 3.8) is 0 Å². The zero-order valence-electron chi connectivity index (χ0n) is 19.8. The van der Waals surface area contributed by atoms with Gasteiger partial charge in [0, 0.05) is 49.3 Å². The highest BCUT2D eigenvalue weighted by molar-refractivity contribution is 7.80. The highest BCUT2D eigenvalue weighted by Crippen LogP contribution is 2.43. The molecule has 1 aliphatic heterocycles. The number of anilines is 2. The molecule has 0 unspecified atom stereocenters. The number of hydrogen-bond acceptors (Lipinski definition) is 4. The first-order chi connectivity index (χ1) is 16.5. The summed E-state index contributed by atoms with van der Waals surface area (Å²) in [6.07, 6.45) is 5.54.